The van der Waals surface area contributed by atoms with E-state index in [2.05, 4.69) is 73.2 Å². The fourth-order valence-electron chi connectivity index (χ4n) is 2.28. The first-order valence-electron chi connectivity index (χ1n) is 7.52. The van der Waals surface area contributed by atoms with Gasteiger partial charge in [-0.05, 0) is 45.9 Å². The molecule has 112 valence electrons. The van der Waals surface area contributed by atoms with Crippen LogP contribution in [0.4, 0.5) is 11.4 Å². The fourth-order valence-corrected chi connectivity index (χ4v) is 2.28. The summed E-state index contributed by atoms with van der Waals surface area (Å²) in [4.78, 5) is 6.61. The highest BCUT2D eigenvalue weighted by atomic mass is 15.1. The van der Waals surface area contributed by atoms with Gasteiger partial charge in [-0.3, -0.25) is 4.98 Å². The fraction of sp³-hybridized carbons (Fsp3) is 0.389. The first-order valence-corrected chi connectivity index (χ1v) is 7.52. The molecular weight excluding hydrogens is 258 g/mol. The molecule has 3 nitrogen and oxygen atoms in total. The van der Waals surface area contributed by atoms with Crippen molar-refractivity contribution in [2.24, 2.45) is 0 Å². The van der Waals surface area contributed by atoms with Crippen molar-refractivity contribution >= 4 is 11.4 Å². The summed E-state index contributed by atoms with van der Waals surface area (Å²) in [6, 6.07) is 12.6. The molecule has 0 amide bonds. The zero-order valence-corrected chi connectivity index (χ0v) is 13.4. The lowest BCUT2D eigenvalue weighted by atomic mass is 10.1. The van der Waals surface area contributed by atoms with E-state index in [9.17, 15) is 0 Å². The molecule has 3 heteroatoms. The molecular formula is C18H25N3. The smallest absolute Gasteiger partial charge is 0.0487 e. The maximum atomic E-state index is 4.29. The van der Waals surface area contributed by atoms with Crippen molar-refractivity contribution in [2.45, 2.75) is 39.8 Å². The third-order valence-electron chi connectivity index (χ3n) is 3.36. The lowest BCUT2D eigenvalue weighted by molar-refractivity contribution is 0.424. The van der Waals surface area contributed by atoms with Gasteiger partial charge in [0.1, 0.15) is 0 Å². The van der Waals surface area contributed by atoms with Gasteiger partial charge >= 0.3 is 0 Å². The predicted octanol–water partition coefficient (Wildman–Crippen LogP) is 4.13. The molecule has 0 aliphatic carbocycles. The van der Waals surface area contributed by atoms with Gasteiger partial charge < -0.3 is 10.2 Å². The maximum absolute atomic E-state index is 4.29. The summed E-state index contributed by atoms with van der Waals surface area (Å²) in [6.45, 7) is 10.5. The Hall–Kier alpha value is -1.87. The van der Waals surface area contributed by atoms with Gasteiger partial charge in [-0.25, -0.2) is 0 Å². The van der Waals surface area contributed by atoms with E-state index >= 15 is 0 Å². The van der Waals surface area contributed by atoms with Crippen LogP contribution in [-0.4, -0.2) is 17.1 Å². The molecule has 0 aliphatic rings. The Morgan fingerprint density at radius 3 is 2.43 bits per heavy atom. The molecule has 0 atom stereocenters. The van der Waals surface area contributed by atoms with Crippen LogP contribution in [0.2, 0.25) is 0 Å². The van der Waals surface area contributed by atoms with Crippen LogP contribution in [0.25, 0.3) is 0 Å². The Morgan fingerprint density at radius 1 is 1.10 bits per heavy atom. The molecule has 0 unspecified atom stereocenters. The molecule has 0 spiro atoms. The average Bonchev–Trinajstić information content (AvgIpc) is 2.47. The van der Waals surface area contributed by atoms with Crippen molar-refractivity contribution in [2.75, 3.05) is 11.4 Å². The van der Waals surface area contributed by atoms with Gasteiger partial charge in [-0.2, -0.15) is 0 Å². The molecule has 0 aliphatic heterocycles. The molecule has 1 heterocycles. The Balaban J connectivity index is 2.29. The second-order valence-corrected chi connectivity index (χ2v) is 6.19. The minimum Gasteiger partial charge on any atom is -0.341 e. The van der Waals surface area contributed by atoms with Gasteiger partial charge in [0.15, 0.2) is 0 Å². The van der Waals surface area contributed by atoms with Crippen LogP contribution in [-0.2, 0) is 6.54 Å². The number of anilines is 2. The van der Waals surface area contributed by atoms with Crippen LogP contribution in [0.3, 0.4) is 0 Å². The summed E-state index contributed by atoms with van der Waals surface area (Å²) >= 11 is 0. The van der Waals surface area contributed by atoms with Crippen LogP contribution in [0, 0.1) is 0 Å². The molecule has 1 N–H and O–H groups in total. The first-order chi connectivity index (χ1) is 10.0. The van der Waals surface area contributed by atoms with E-state index in [1.165, 1.54) is 16.9 Å². The van der Waals surface area contributed by atoms with Gasteiger partial charge in [0.05, 0.1) is 0 Å². The third-order valence-corrected chi connectivity index (χ3v) is 3.36. The number of pyridine rings is 1. The summed E-state index contributed by atoms with van der Waals surface area (Å²) in [7, 11) is 0. The first kappa shape index (κ1) is 15.5. The maximum Gasteiger partial charge on any atom is 0.0487 e. The van der Waals surface area contributed by atoms with E-state index in [1.807, 2.05) is 18.5 Å². The van der Waals surface area contributed by atoms with Crippen molar-refractivity contribution in [3.8, 4) is 0 Å². The number of para-hydroxylation sites is 1. The SMILES string of the molecule is CCN(c1ccccc1)c1ccncc1CNC(C)(C)C. The highest BCUT2D eigenvalue weighted by Gasteiger charge is 2.14. The molecule has 1 aromatic heterocycles. The standard InChI is InChI=1S/C18H25N3/c1-5-21(16-9-7-6-8-10-16)17-11-12-19-13-15(17)14-20-18(2,3)4/h6-13,20H,5,14H2,1-4H3. The van der Waals surface area contributed by atoms with E-state index < -0.39 is 0 Å². The third kappa shape index (κ3) is 4.30. The van der Waals surface area contributed by atoms with Gasteiger partial charge in [0.25, 0.3) is 0 Å². The Morgan fingerprint density at radius 2 is 1.81 bits per heavy atom. The average molecular weight is 283 g/mol. The topological polar surface area (TPSA) is 28.2 Å². The summed E-state index contributed by atoms with van der Waals surface area (Å²) in [5, 5.41) is 3.54. The number of rotatable bonds is 5. The van der Waals surface area contributed by atoms with Crippen LogP contribution in [0.1, 0.15) is 33.3 Å². The normalized spacial score (nSPS) is 11.4. The molecule has 0 bridgehead atoms. The number of nitrogens with zero attached hydrogens (tertiary/aromatic N) is 2. The predicted molar refractivity (Wildman–Crippen MR) is 90.0 cm³/mol. The molecule has 0 radical (unpaired) electrons. The molecule has 0 saturated carbocycles. The van der Waals surface area contributed by atoms with Crippen LogP contribution in [0.5, 0.6) is 0 Å². The second kappa shape index (κ2) is 6.72. The van der Waals surface area contributed by atoms with E-state index in [-0.39, 0.29) is 5.54 Å². The number of benzene rings is 1. The molecule has 2 aromatic rings. The minimum absolute atomic E-state index is 0.0941. The molecule has 2 rings (SSSR count). The van der Waals surface area contributed by atoms with Crippen molar-refractivity contribution in [3.63, 3.8) is 0 Å². The second-order valence-electron chi connectivity index (χ2n) is 6.19. The molecule has 0 fully saturated rings. The largest absolute Gasteiger partial charge is 0.341 e. The van der Waals surface area contributed by atoms with E-state index in [4.69, 9.17) is 0 Å². The van der Waals surface area contributed by atoms with Crippen LogP contribution in [0.15, 0.2) is 48.8 Å². The number of hydrogen-bond donors (Lipinski definition) is 1. The molecule has 1 aromatic carbocycles. The Kier molecular flexibility index (Phi) is 4.97. The molecule has 0 saturated heterocycles. The molecule has 21 heavy (non-hydrogen) atoms. The summed E-state index contributed by atoms with van der Waals surface area (Å²) in [6.07, 6.45) is 3.82. The van der Waals surface area contributed by atoms with Crippen molar-refractivity contribution in [3.05, 3.63) is 54.4 Å². The van der Waals surface area contributed by atoms with Crippen LogP contribution < -0.4 is 10.2 Å². The number of nitrogens with one attached hydrogen (secondary N) is 1. The van der Waals surface area contributed by atoms with E-state index in [1.54, 1.807) is 0 Å². The zero-order chi connectivity index (χ0) is 15.3. The summed E-state index contributed by atoms with van der Waals surface area (Å²) in [5.41, 5.74) is 3.74. The lowest BCUT2D eigenvalue weighted by Gasteiger charge is -2.27. The van der Waals surface area contributed by atoms with E-state index in [0.717, 1.165) is 13.1 Å². The summed E-state index contributed by atoms with van der Waals surface area (Å²) < 4.78 is 0. The lowest BCUT2D eigenvalue weighted by Crippen LogP contribution is -2.35. The summed E-state index contributed by atoms with van der Waals surface area (Å²) in [5.74, 6) is 0. The highest BCUT2D eigenvalue weighted by molar-refractivity contribution is 5.65. The monoisotopic (exact) mass is 283 g/mol. The van der Waals surface area contributed by atoms with Crippen LogP contribution >= 0.6 is 0 Å². The minimum atomic E-state index is 0.0941. The quantitative estimate of drug-likeness (QED) is 0.894. The van der Waals surface area contributed by atoms with Crippen molar-refractivity contribution in [1.29, 1.82) is 0 Å². The van der Waals surface area contributed by atoms with Crippen molar-refractivity contribution in [1.82, 2.24) is 10.3 Å². The van der Waals surface area contributed by atoms with Gasteiger partial charge in [-0.1, -0.05) is 18.2 Å². The van der Waals surface area contributed by atoms with Gasteiger partial charge in [0, 0.05) is 48.0 Å². The van der Waals surface area contributed by atoms with Gasteiger partial charge in [-0.15, -0.1) is 0 Å². The Labute approximate surface area is 128 Å². The highest BCUT2D eigenvalue weighted by Crippen LogP contribution is 2.27. The Bertz CT molecular complexity index is 558. The number of aromatic nitrogens is 1. The number of hydrogen-bond acceptors (Lipinski definition) is 3. The van der Waals surface area contributed by atoms with Gasteiger partial charge in [0.2, 0.25) is 0 Å². The van der Waals surface area contributed by atoms with Crippen molar-refractivity contribution < 1.29 is 0 Å². The van der Waals surface area contributed by atoms with E-state index in [0.29, 0.717) is 0 Å². The zero-order valence-electron chi connectivity index (χ0n) is 13.4.